The molecule has 0 amide bonds. The maximum Gasteiger partial charge on any atom is 0.416 e. The zero-order valence-electron chi connectivity index (χ0n) is 12.1. The molecule has 1 heterocycles. The van der Waals surface area contributed by atoms with Crippen LogP contribution in [0.1, 0.15) is 26.3 Å². The average molecular weight is 333 g/mol. The van der Waals surface area contributed by atoms with Crippen molar-refractivity contribution in [3.63, 3.8) is 0 Å². The summed E-state index contributed by atoms with van der Waals surface area (Å²) in [7, 11) is -3.91. The van der Waals surface area contributed by atoms with E-state index >= 15 is 0 Å². The molecule has 0 spiro atoms. The molecule has 0 aliphatic carbocycles. The standard InChI is InChI=1S/C13H14F3N3O2S/c1-12(2,3)22(20,21)10(7-17)8-19-11-6-9(4-5-18-11)13(14,15)16/h4-6,8H,1-3H3,(H,18,19). The average Bonchev–Trinajstić information content (AvgIpc) is 2.37. The fraction of sp³-hybridized carbons (Fsp3) is 0.385. The normalized spacial score (nSPS) is 13.6. The molecule has 0 aromatic carbocycles. The van der Waals surface area contributed by atoms with E-state index in [1.54, 1.807) is 0 Å². The number of nitrogens with zero attached hydrogens (tertiary/aromatic N) is 2. The lowest BCUT2D eigenvalue weighted by molar-refractivity contribution is -0.137. The number of alkyl halides is 3. The third-order valence-corrected chi connectivity index (χ3v) is 5.04. The first-order valence-corrected chi connectivity index (χ1v) is 7.52. The van der Waals surface area contributed by atoms with Crippen LogP contribution in [0.15, 0.2) is 29.4 Å². The summed E-state index contributed by atoms with van der Waals surface area (Å²) >= 11 is 0. The van der Waals surface area contributed by atoms with Crippen LogP contribution < -0.4 is 5.32 Å². The Kier molecular flexibility index (Phi) is 4.87. The van der Waals surface area contributed by atoms with Crippen molar-refractivity contribution in [1.29, 1.82) is 5.26 Å². The van der Waals surface area contributed by atoms with Crippen molar-refractivity contribution in [3.8, 4) is 6.07 Å². The van der Waals surface area contributed by atoms with Gasteiger partial charge in [0.1, 0.15) is 11.9 Å². The highest BCUT2D eigenvalue weighted by molar-refractivity contribution is 7.96. The predicted molar refractivity (Wildman–Crippen MR) is 75.2 cm³/mol. The summed E-state index contributed by atoms with van der Waals surface area (Å²) in [6, 6.07) is 3.03. The van der Waals surface area contributed by atoms with Gasteiger partial charge in [0, 0.05) is 12.4 Å². The maximum absolute atomic E-state index is 12.6. The van der Waals surface area contributed by atoms with Crippen LogP contribution in [0.25, 0.3) is 0 Å². The molecule has 0 aliphatic rings. The van der Waals surface area contributed by atoms with Gasteiger partial charge in [0.2, 0.25) is 0 Å². The Bertz CT molecular complexity index is 726. The number of halogens is 3. The quantitative estimate of drug-likeness (QED) is 0.860. The highest BCUT2D eigenvalue weighted by Gasteiger charge is 2.33. The van der Waals surface area contributed by atoms with Gasteiger partial charge in [-0.2, -0.15) is 18.4 Å². The van der Waals surface area contributed by atoms with Crippen LogP contribution in [0.5, 0.6) is 0 Å². The third-order valence-electron chi connectivity index (χ3n) is 2.64. The van der Waals surface area contributed by atoms with E-state index in [9.17, 15) is 21.6 Å². The number of aromatic nitrogens is 1. The SMILES string of the molecule is CC(C)(C)S(=O)(=O)C(C#N)=CNc1cc(C(F)(F)F)ccn1. The van der Waals surface area contributed by atoms with Gasteiger partial charge in [-0.1, -0.05) is 0 Å². The lowest BCUT2D eigenvalue weighted by Crippen LogP contribution is -2.29. The largest absolute Gasteiger partial charge is 0.416 e. The van der Waals surface area contributed by atoms with E-state index in [4.69, 9.17) is 5.26 Å². The molecule has 0 saturated heterocycles. The minimum absolute atomic E-state index is 0.216. The summed E-state index contributed by atoms with van der Waals surface area (Å²) in [6.07, 6.45) is -2.77. The Hall–Kier alpha value is -2.08. The van der Waals surface area contributed by atoms with Gasteiger partial charge in [0.15, 0.2) is 14.7 Å². The summed E-state index contributed by atoms with van der Waals surface area (Å²) in [5.74, 6) is -0.216. The van der Waals surface area contributed by atoms with Crippen LogP contribution in [0.4, 0.5) is 19.0 Å². The van der Waals surface area contributed by atoms with Gasteiger partial charge in [-0.05, 0) is 32.9 Å². The molecule has 0 saturated carbocycles. The van der Waals surface area contributed by atoms with E-state index in [-0.39, 0.29) is 5.82 Å². The number of pyridine rings is 1. The molecule has 1 N–H and O–H groups in total. The Morgan fingerprint density at radius 1 is 1.36 bits per heavy atom. The molecule has 22 heavy (non-hydrogen) atoms. The highest BCUT2D eigenvalue weighted by Crippen LogP contribution is 2.30. The molecule has 120 valence electrons. The van der Waals surface area contributed by atoms with E-state index in [0.29, 0.717) is 0 Å². The predicted octanol–water partition coefficient (Wildman–Crippen LogP) is 3.09. The summed E-state index contributed by atoms with van der Waals surface area (Å²) < 4.78 is 60.7. The van der Waals surface area contributed by atoms with Gasteiger partial charge in [-0.15, -0.1) is 0 Å². The van der Waals surface area contributed by atoms with Crippen LogP contribution in [0.2, 0.25) is 0 Å². The molecule has 0 aliphatic heterocycles. The Balaban J connectivity index is 3.13. The first-order valence-electron chi connectivity index (χ1n) is 6.04. The van der Waals surface area contributed by atoms with E-state index in [0.717, 1.165) is 24.5 Å². The zero-order valence-corrected chi connectivity index (χ0v) is 12.9. The Labute approximate surface area is 126 Å². The van der Waals surface area contributed by atoms with Gasteiger partial charge in [-0.3, -0.25) is 0 Å². The fourth-order valence-corrected chi connectivity index (χ4v) is 2.32. The molecular formula is C13H14F3N3O2S. The fourth-order valence-electron chi connectivity index (χ4n) is 1.33. The summed E-state index contributed by atoms with van der Waals surface area (Å²) in [6.45, 7) is 4.24. The van der Waals surface area contributed by atoms with Crippen molar-refractivity contribution in [2.45, 2.75) is 31.7 Å². The van der Waals surface area contributed by atoms with Crippen molar-refractivity contribution in [2.24, 2.45) is 0 Å². The van der Waals surface area contributed by atoms with E-state index in [1.165, 1.54) is 26.8 Å². The van der Waals surface area contributed by atoms with Crippen LogP contribution in [0.3, 0.4) is 0 Å². The van der Waals surface area contributed by atoms with Gasteiger partial charge in [0.25, 0.3) is 0 Å². The molecule has 0 radical (unpaired) electrons. The van der Waals surface area contributed by atoms with E-state index in [2.05, 4.69) is 10.3 Å². The Morgan fingerprint density at radius 2 is 1.95 bits per heavy atom. The maximum atomic E-state index is 12.6. The molecule has 1 aromatic rings. The lowest BCUT2D eigenvalue weighted by Gasteiger charge is -2.18. The van der Waals surface area contributed by atoms with E-state index < -0.39 is 31.2 Å². The molecule has 0 unspecified atom stereocenters. The van der Waals surface area contributed by atoms with Crippen molar-refractivity contribution < 1.29 is 21.6 Å². The van der Waals surface area contributed by atoms with Crippen molar-refractivity contribution in [2.75, 3.05) is 5.32 Å². The second kappa shape index (κ2) is 5.96. The van der Waals surface area contributed by atoms with Gasteiger partial charge < -0.3 is 5.32 Å². The Morgan fingerprint density at radius 3 is 2.41 bits per heavy atom. The summed E-state index contributed by atoms with van der Waals surface area (Å²) in [5, 5.41) is 11.3. The van der Waals surface area contributed by atoms with Crippen LogP contribution in [-0.2, 0) is 16.0 Å². The minimum Gasteiger partial charge on any atom is -0.345 e. The molecule has 1 aromatic heterocycles. The van der Waals surface area contributed by atoms with E-state index in [1.807, 2.05) is 0 Å². The second-order valence-corrected chi connectivity index (χ2v) is 7.98. The number of hydrogen-bond donors (Lipinski definition) is 1. The van der Waals surface area contributed by atoms with Crippen molar-refractivity contribution in [1.82, 2.24) is 4.98 Å². The molecule has 0 atom stereocenters. The highest BCUT2D eigenvalue weighted by atomic mass is 32.2. The monoisotopic (exact) mass is 333 g/mol. The smallest absolute Gasteiger partial charge is 0.345 e. The molecule has 5 nitrogen and oxygen atoms in total. The number of allylic oxidation sites excluding steroid dienone is 1. The van der Waals surface area contributed by atoms with Gasteiger partial charge in [-0.25, -0.2) is 13.4 Å². The topological polar surface area (TPSA) is 82.8 Å². The third kappa shape index (κ3) is 3.98. The first-order chi connectivity index (χ1) is 9.89. The van der Waals surface area contributed by atoms with Crippen molar-refractivity contribution in [3.05, 3.63) is 35.0 Å². The minimum atomic E-state index is -4.54. The van der Waals surface area contributed by atoms with Crippen LogP contribution in [0, 0.1) is 11.3 Å². The number of sulfone groups is 1. The molecule has 9 heteroatoms. The number of anilines is 1. The van der Waals surface area contributed by atoms with Gasteiger partial charge in [0.05, 0.1) is 10.3 Å². The first kappa shape index (κ1) is 18.0. The lowest BCUT2D eigenvalue weighted by atomic mass is 10.2. The number of nitrogens with one attached hydrogen (secondary N) is 1. The van der Waals surface area contributed by atoms with Crippen molar-refractivity contribution >= 4 is 15.7 Å². The molecule has 1 rings (SSSR count). The number of rotatable bonds is 3. The zero-order chi connectivity index (χ0) is 17.2. The number of hydrogen-bond acceptors (Lipinski definition) is 5. The second-order valence-electron chi connectivity index (χ2n) is 5.31. The summed E-state index contributed by atoms with van der Waals surface area (Å²) in [5.41, 5.74) is -0.935. The van der Waals surface area contributed by atoms with Crippen LogP contribution in [-0.4, -0.2) is 18.1 Å². The molecule has 0 bridgehead atoms. The summed E-state index contributed by atoms with van der Waals surface area (Å²) in [4.78, 5) is 3.06. The molecular weight excluding hydrogens is 319 g/mol. The number of nitriles is 1. The van der Waals surface area contributed by atoms with Gasteiger partial charge >= 0.3 is 6.18 Å². The van der Waals surface area contributed by atoms with Crippen LogP contribution >= 0.6 is 0 Å². The molecule has 0 fully saturated rings.